The zero-order chi connectivity index (χ0) is 11.1. The Labute approximate surface area is 105 Å². The number of fused-ring (bicyclic) bond motifs is 1. The largest absolute Gasteiger partial charge is 0.383 e. The fourth-order valence-electron chi connectivity index (χ4n) is 1.63. The van der Waals surface area contributed by atoms with Gasteiger partial charge in [0.25, 0.3) is 0 Å². The molecule has 5 heteroatoms. The highest BCUT2D eigenvalue weighted by atomic mass is 79.9. The van der Waals surface area contributed by atoms with Crippen molar-refractivity contribution in [2.75, 3.05) is 5.73 Å². The molecule has 16 heavy (non-hydrogen) atoms. The number of hydrogen-bond acceptors (Lipinski definition) is 3. The molecule has 0 aromatic carbocycles. The second kappa shape index (κ2) is 3.61. The third-order valence-electron chi connectivity index (χ3n) is 2.38. The number of rotatable bonds is 1. The topological polar surface area (TPSA) is 43.3 Å². The number of anilines is 1. The summed E-state index contributed by atoms with van der Waals surface area (Å²) >= 11 is 5.07. The minimum atomic E-state index is 0.685. The zero-order valence-electron chi connectivity index (χ0n) is 8.22. The van der Waals surface area contributed by atoms with Crippen LogP contribution in [0.5, 0.6) is 0 Å². The first-order chi connectivity index (χ1) is 7.75. The molecule has 0 saturated heterocycles. The van der Waals surface area contributed by atoms with Crippen LogP contribution in [-0.2, 0) is 0 Å². The Kier molecular flexibility index (Phi) is 2.22. The van der Waals surface area contributed by atoms with Gasteiger partial charge in [-0.1, -0.05) is 22.0 Å². The molecule has 0 saturated carbocycles. The Balaban J connectivity index is 2.31. The van der Waals surface area contributed by atoms with Crippen LogP contribution in [0.4, 0.5) is 5.82 Å². The van der Waals surface area contributed by atoms with E-state index >= 15 is 0 Å². The van der Waals surface area contributed by atoms with Crippen LogP contribution in [0.25, 0.3) is 16.2 Å². The summed E-state index contributed by atoms with van der Waals surface area (Å²) in [5.41, 5.74) is 7.78. The highest BCUT2D eigenvalue weighted by Gasteiger charge is 2.11. The zero-order valence-corrected chi connectivity index (χ0v) is 10.6. The van der Waals surface area contributed by atoms with Crippen molar-refractivity contribution in [2.45, 2.75) is 0 Å². The molecule has 0 aliphatic carbocycles. The molecule has 2 N–H and O–H groups in total. The van der Waals surface area contributed by atoms with E-state index in [0.717, 1.165) is 20.7 Å². The normalized spacial score (nSPS) is 11.1. The van der Waals surface area contributed by atoms with Crippen molar-refractivity contribution in [2.24, 2.45) is 0 Å². The highest BCUT2D eigenvalue weighted by molar-refractivity contribution is 9.10. The maximum absolute atomic E-state index is 6.07. The monoisotopic (exact) mass is 293 g/mol. The summed E-state index contributed by atoms with van der Waals surface area (Å²) in [5, 5.41) is 2.02. The molecule has 3 heterocycles. The predicted octanol–water partition coefficient (Wildman–Crippen LogP) is 3.41. The van der Waals surface area contributed by atoms with Crippen LogP contribution in [-0.4, -0.2) is 9.38 Å². The summed E-state index contributed by atoms with van der Waals surface area (Å²) in [6.07, 6.45) is 1.92. The minimum absolute atomic E-state index is 0.685. The van der Waals surface area contributed by atoms with Crippen LogP contribution >= 0.6 is 27.3 Å². The lowest BCUT2D eigenvalue weighted by atomic mass is 10.3. The van der Waals surface area contributed by atoms with Crippen LogP contribution in [0.2, 0.25) is 0 Å². The quantitative estimate of drug-likeness (QED) is 0.747. The second-order valence-electron chi connectivity index (χ2n) is 3.40. The van der Waals surface area contributed by atoms with Gasteiger partial charge in [-0.25, -0.2) is 4.98 Å². The van der Waals surface area contributed by atoms with Crippen molar-refractivity contribution < 1.29 is 0 Å². The molecular weight excluding hydrogens is 286 g/mol. The van der Waals surface area contributed by atoms with Crippen molar-refractivity contribution >= 4 is 38.7 Å². The summed E-state index contributed by atoms with van der Waals surface area (Å²) in [6, 6.07) is 7.92. The van der Waals surface area contributed by atoms with Crippen molar-refractivity contribution in [3.05, 3.63) is 40.3 Å². The maximum Gasteiger partial charge on any atom is 0.140 e. The predicted molar refractivity (Wildman–Crippen MR) is 70.6 cm³/mol. The van der Waals surface area contributed by atoms with Gasteiger partial charge in [0, 0.05) is 10.7 Å². The molecule has 0 bridgehead atoms. The standard InChI is InChI=1S/C11H8BrN3S/c12-7-3-4-15-9(6-7)14-10(11(15)13)8-2-1-5-16-8/h1-6H,13H2. The van der Waals surface area contributed by atoms with Crippen molar-refractivity contribution in [3.8, 4) is 10.6 Å². The number of nitrogens with two attached hydrogens (primary N) is 1. The van der Waals surface area contributed by atoms with Gasteiger partial charge in [-0.3, -0.25) is 4.40 Å². The molecule has 0 fully saturated rings. The Morgan fingerprint density at radius 3 is 3.00 bits per heavy atom. The molecule has 3 aromatic heterocycles. The first kappa shape index (κ1) is 9.86. The van der Waals surface area contributed by atoms with Crippen molar-refractivity contribution in [1.29, 1.82) is 0 Å². The highest BCUT2D eigenvalue weighted by Crippen LogP contribution is 2.30. The SMILES string of the molecule is Nc1c(-c2cccs2)nc2cc(Br)ccn12. The Morgan fingerprint density at radius 1 is 1.38 bits per heavy atom. The molecule has 80 valence electrons. The molecule has 0 aliphatic heterocycles. The van der Waals surface area contributed by atoms with Crippen molar-refractivity contribution in [1.82, 2.24) is 9.38 Å². The molecule has 0 radical (unpaired) electrons. The Morgan fingerprint density at radius 2 is 2.25 bits per heavy atom. The third-order valence-corrected chi connectivity index (χ3v) is 3.75. The molecule has 0 aliphatic rings. The first-order valence-corrected chi connectivity index (χ1v) is 6.40. The number of nitrogens with zero attached hydrogens (tertiary/aromatic N) is 2. The first-order valence-electron chi connectivity index (χ1n) is 4.72. The molecule has 0 unspecified atom stereocenters. The summed E-state index contributed by atoms with van der Waals surface area (Å²) < 4.78 is 2.89. The second-order valence-corrected chi connectivity index (χ2v) is 5.26. The third kappa shape index (κ3) is 1.44. The van der Waals surface area contributed by atoms with Crippen LogP contribution in [0.1, 0.15) is 0 Å². The van der Waals surface area contributed by atoms with Gasteiger partial charge in [0.1, 0.15) is 17.2 Å². The summed E-state index contributed by atoms with van der Waals surface area (Å²) in [4.78, 5) is 5.63. The lowest BCUT2D eigenvalue weighted by Gasteiger charge is -1.96. The van der Waals surface area contributed by atoms with Crippen LogP contribution < -0.4 is 5.73 Å². The number of pyridine rings is 1. The number of thiophene rings is 1. The van der Waals surface area contributed by atoms with E-state index < -0.39 is 0 Å². The maximum atomic E-state index is 6.07. The van der Waals surface area contributed by atoms with Crippen molar-refractivity contribution in [3.63, 3.8) is 0 Å². The lowest BCUT2D eigenvalue weighted by Crippen LogP contribution is -1.92. The van der Waals surface area contributed by atoms with Gasteiger partial charge < -0.3 is 5.73 Å². The number of aromatic nitrogens is 2. The van der Waals surface area contributed by atoms with Crippen LogP contribution in [0.3, 0.4) is 0 Å². The van der Waals surface area contributed by atoms with E-state index in [4.69, 9.17) is 5.73 Å². The average Bonchev–Trinajstić information content (AvgIpc) is 2.86. The van der Waals surface area contributed by atoms with E-state index in [1.807, 2.05) is 40.2 Å². The average molecular weight is 294 g/mol. The van der Waals surface area contributed by atoms with E-state index in [9.17, 15) is 0 Å². The molecule has 3 aromatic rings. The number of halogens is 1. The Bertz CT molecular complexity index is 643. The van der Waals surface area contributed by atoms with Gasteiger partial charge in [-0.2, -0.15) is 0 Å². The van der Waals surface area contributed by atoms with Crippen LogP contribution in [0.15, 0.2) is 40.3 Å². The molecule has 0 amide bonds. The smallest absolute Gasteiger partial charge is 0.140 e. The van der Waals surface area contributed by atoms with Gasteiger partial charge >= 0.3 is 0 Å². The minimum Gasteiger partial charge on any atom is -0.383 e. The Hall–Kier alpha value is -1.33. The number of imidazole rings is 1. The fourth-order valence-corrected chi connectivity index (χ4v) is 2.68. The van der Waals surface area contributed by atoms with Gasteiger partial charge in [-0.05, 0) is 23.6 Å². The number of nitrogen functional groups attached to an aromatic ring is 1. The van der Waals surface area contributed by atoms with E-state index in [-0.39, 0.29) is 0 Å². The van der Waals surface area contributed by atoms with E-state index in [1.54, 1.807) is 11.3 Å². The molecule has 0 spiro atoms. The van der Waals surface area contributed by atoms with E-state index in [1.165, 1.54) is 0 Å². The van der Waals surface area contributed by atoms with Gasteiger partial charge in [0.05, 0.1) is 4.88 Å². The van der Waals surface area contributed by atoms with Gasteiger partial charge in [-0.15, -0.1) is 11.3 Å². The summed E-state index contributed by atoms with van der Waals surface area (Å²) in [5.74, 6) is 0.685. The summed E-state index contributed by atoms with van der Waals surface area (Å²) in [7, 11) is 0. The molecule has 3 nitrogen and oxygen atoms in total. The van der Waals surface area contributed by atoms with Gasteiger partial charge in [0.15, 0.2) is 0 Å². The lowest BCUT2D eigenvalue weighted by molar-refractivity contribution is 1.19. The fraction of sp³-hybridized carbons (Fsp3) is 0. The van der Waals surface area contributed by atoms with Crippen LogP contribution in [0, 0.1) is 0 Å². The van der Waals surface area contributed by atoms with Gasteiger partial charge in [0.2, 0.25) is 0 Å². The molecular formula is C11H8BrN3S. The summed E-state index contributed by atoms with van der Waals surface area (Å²) in [6.45, 7) is 0. The van der Waals surface area contributed by atoms with E-state index in [0.29, 0.717) is 5.82 Å². The van der Waals surface area contributed by atoms with E-state index in [2.05, 4.69) is 20.9 Å². The molecule has 3 rings (SSSR count). The molecule has 0 atom stereocenters. The number of hydrogen-bond donors (Lipinski definition) is 1.